The Balaban J connectivity index is 1.49. The fourth-order valence-electron chi connectivity index (χ4n) is 3.66. The Bertz CT molecular complexity index is 597. The molecule has 9 nitrogen and oxygen atoms in total. The minimum atomic E-state index is -0.534. The zero-order valence-corrected chi connectivity index (χ0v) is 14.2. The average molecular weight is 348 g/mol. The molecule has 1 aromatic rings. The molecule has 1 spiro atoms. The zero-order valence-electron chi connectivity index (χ0n) is 14.2. The van der Waals surface area contributed by atoms with Crippen LogP contribution in [0.25, 0.3) is 0 Å². The lowest BCUT2D eigenvalue weighted by atomic mass is 10.0. The van der Waals surface area contributed by atoms with Crippen LogP contribution in [0.3, 0.4) is 0 Å². The van der Waals surface area contributed by atoms with Crippen molar-refractivity contribution in [1.29, 1.82) is 0 Å². The van der Waals surface area contributed by atoms with Crippen LogP contribution >= 0.6 is 0 Å². The van der Waals surface area contributed by atoms with Gasteiger partial charge in [0.15, 0.2) is 0 Å². The van der Waals surface area contributed by atoms with E-state index >= 15 is 0 Å². The summed E-state index contributed by atoms with van der Waals surface area (Å²) in [5, 5.41) is 0. The van der Waals surface area contributed by atoms with Crippen LogP contribution in [0, 0.1) is 0 Å². The molecule has 1 amide bonds. The topological polar surface area (TPSA) is 91.9 Å². The van der Waals surface area contributed by atoms with E-state index in [1.807, 2.05) is 4.90 Å². The van der Waals surface area contributed by atoms with Gasteiger partial charge in [0.05, 0.1) is 39.1 Å². The van der Waals surface area contributed by atoms with E-state index in [0.29, 0.717) is 39.5 Å². The Labute approximate surface area is 146 Å². The smallest absolute Gasteiger partial charge is 0.241 e. The summed E-state index contributed by atoms with van der Waals surface area (Å²) < 4.78 is 11.9. The second-order valence-corrected chi connectivity index (χ2v) is 6.74. The maximum atomic E-state index is 12.8. The number of ether oxygens (including phenoxy) is 2. The van der Waals surface area contributed by atoms with E-state index < -0.39 is 5.60 Å². The molecular formula is C16H24N6O3. The molecule has 3 saturated heterocycles. The molecule has 0 radical (unpaired) electrons. The molecule has 25 heavy (non-hydrogen) atoms. The van der Waals surface area contributed by atoms with Gasteiger partial charge in [-0.3, -0.25) is 15.2 Å². The van der Waals surface area contributed by atoms with Crippen molar-refractivity contribution in [3.05, 3.63) is 18.6 Å². The van der Waals surface area contributed by atoms with E-state index in [0.717, 1.165) is 25.3 Å². The predicted molar refractivity (Wildman–Crippen MR) is 89.9 cm³/mol. The minimum Gasteiger partial charge on any atom is -0.376 e. The van der Waals surface area contributed by atoms with E-state index in [9.17, 15) is 4.79 Å². The minimum absolute atomic E-state index is 0.128. The molecule has 0 aliphatic carbocycles. The molecule has 136 valence electrons. The highest BCUT2D eigenvalue weighted by Gasteiger charge is 2.43. The number of amides is 1. The first-order chi connectivity index (χ1) is 12.3. The van der Waals surface area contributed by atoms with Gasteiger partial charge < -0.3 is 19.3 Å². The van der Waals surface area contributed by atoms with Crippen molar-refractivity contribution < 1.29 is 14.3 Å². The van der Waals surface area contributed by atoms with Gasteiger partial charge in [-0.15, -0.1) is 0 Å². The number of aromatic nitrogens is 2. The SMILES string of the molecule is O=C(C1CCNN1)N1CCOC2(COCCN(c3cnccn3)C2)C1. The molecule has 0 aromatic carbocycles. The summed E-state index contributed by atoms with van der Waals surface area (Å²) in [5.41, 5.74) is 5.54. The van der Waals surface area contributed by atoms with Crippen LogP contribution < -0.4 is 15.8 Å². The zero-order chi connectivity index (χ0) is 17.1. The summed E-state index contributed by atoms with van der Waals surface area (Å²) >= 11 is 0. The summed E-state index contributed by atoms with van der Waals surface area (Å²) in [6, 6.07) is -0.155. The number of hydrazine groups is 1. The first-order valence-corrected chi connectivity index (χ1v) is 8.76. The highest BCUT2D eigenvalue weighted by Crippen LogP contribution is 2.25. The number of nitrogens with zero attached hydrogens (tertiary/aromatic N) is 4. The second kappa shape index (κ2) is 7.20. The molecular weight excluding hydrogens is 324 g/mol. The van der Waals surface area contributed by atoms with Crippen molar-refractivity contribution in [3.8, 4) is 0 Å². The molecule has 9 heteroatoms. The normalized spacial score (nSPS) is 30.5. The Morgan fingerprint density at radius 2 is 2.24 bits per heavy atom. The molecule has 1 aromatic heterocycles. The van der Waals surface area contributed by atoms with E-state index in [-0.39, 0.29) is 11.9 Å². The van der Waals surface area contributed by atoms with E-state index in [4.69, 9.17) is 9.47 Å². The van der Waals surface area contributed by atoms with Crippen molar-refractivity contribution in [3.63, 3.8) is 0 Å². The lowest BCUT2D eigenvalue weighted by Crippen LogP contribution is -2.62. The van der Waals surface area contributed by atoms with Gasteiger partial charge in [0.25, 0.3) is 0 Å². The van der Waals surface area contributed by atoms with Gasteiger partial charge >= 0.3 is 0 Å². The van der Waals surface area contributed by atoms with E-state index in [1.165, 1.54) is 0 Å². The van der Waals surface area contributed by atoms with Crippen molar-refractivity contribution in [1.82, 2.24) is 25.7 Å². The maximum absolute atomic E-state index is 12.8. The summed E-state index contributed by atoms with van der Waals surface area (Å²) in [4.78, 5) is 25.3. The standard InChI is InChI=1S/C16H24N6O3/c23-15(13-1-2-19-20-13)22-6-8-25-16(11-22)10-21(5-7-24-12-16)14-9-17-3-4-18-14/h3-4,9,13,19-20H,1-2,5-8,10-12H2. The van der Waals surface area contributed by atoms with Gasteiger partial charge in [-0.05, 0) is 6.42 Å². The molecule has 2 unspecified atom stereocenters. The lowest BCUT2D eigenvalue weighted by molar-refractivity contribution is -0.159. The maximum Gasteiger partial charge on any atom is 0.241 e. The first-order valence-electron chi connectivity index (χ1n) is 8.76. The molecule has 2 N–H and O–H groups in total. The molecule has 3 aliphatic heterocycles. The van der Waals surface area contributed by atoms with Crippen LogP contribution in [-0.4, -0.2) is 85.0 Å². The van der Waals surface area contributed by atoms with Gasteiger partial charge in [-0.1, -0.05) is 0 Å². The highest BCUT2D eigenvalue weighted by atomic mass is 16.5. The van der Waals surface area contributed by atoms with Gasteiger partial charge in [0, 0.05) is 32.0 Å². The Hall–Kier alpha value is -1.81. The third-order valence-electron chi connectivity index (χ3n) is 4.92. The summed E-state index contributed by atoms with van der Waals surface area (Å²) in [6.45, 7) is 4.91. The fraction of sp³-hybridized carbons (Fsp3) is 0.688. The summed E-state index contributed by atoms with van der Waals surface area (Å²) in [5.74, 6) is 0.934. The number of nitrogens with one attached hydrogen (secondary N) is 2. The summed E-state index contributed by atoms with van der Waals surface area (Å²) in [7, 11) is 0. The van der Waals surface area contributed by atoms with Crippen LogP contribution in [-0.2, 0) is 14.3 Å². The van der Waals surface area contributed by atoms with Crippen molar-refractivity contribution >= 4 is 11.7 Å². The van der Waals surface area contributed by atoms with Gasteiger partial charge in [-0.2, -0.15) is 0 Å². The van der Waals surface area contributed by atoms with Crippen LogP contribution in [0.4, 0.5) is 5.82 Å². The average Bonchev–Trinajstić information content (AvgIpc) is 3.12. The van der Waals surface area contributed by atoms with Crippen LogP contribution in [0.2, 0.25) is 0 Å². The van der Waals surface area contributed by atoms with Crippen molar-refractivity contribution in [2.24, 2.45) is 0 Å². The largest absolute Gasteiger partial charge is 0.376 e. The van der Waals surface area contributed by atoms with Gasteiger partial charge in [0.1, 0.15) is 17.5 Å². The third kappa shape index (κ3) is 3.59. The number of hydrogen-bond donors (Lipinski definition) is 2. The number of rotatable bonds is 2. The number of morpholine rings is 1. The molecule has 0 saturated carbocycles. The molecule has 3 fully saturated rings. The number of carbonyl (C=O) groups excluding carboxylic acids is 1. The summed E-state index contributed by atoms with van der Waals surface area (Å²) in [6.07, 6.45) is 5.90. The van der Waals surface area contributed by atoms with Gasteiger partial charge in [0.2, 0.25) is 5.91 Å². The lowest BCUT2D eigenvalue weighted by Gasteiger charge is -2.44. The number of carbonyl (C=O) groups is 1. The molecule has 4 rings (SSSR count). The van der Waals surface area contributed by atoms with E-state index in [1.54, 1.807) is 18.6 Å². The predicted octanol–water partition coefficient (Wildman–Crippen LogP) is -1.22. The Kier molecular flexibility index (Phi) is 4.80. The molecule has 3 aliphatic rings. The first kappa shape index (κ1) is 16.6. The molecule has 4 heterocycles. The number of anilines is 1. The Morgan fingerprint density at radius 1 is 1.28 bits per heavy atom. The monoisotopic (exact) mass is 348 g/mol. The molecule has 0 bridgehead atoms. The molecule has 2 atom stereocenters. The van der Waals surface area contributed by atoms with E-state index in [2.05, 4.69) is 25.7 Å². The van der Waals surface area contributed by atoms with Crippen LogP contribution in [0.1, 0.15) is 6.42 Å². The number of hydrogen-bond acceptors (Lipinski definition) is 8. The highest BCUT2D eigenvalue weighted by molar-refractivity contribution is 5.82. The Morgan fingerprint density at radius 3 is 3.04 bits per heavy atom. The fourth-order valence-corrected chi connectivity index (χ4v) is 3.66. The van der Waals surface area contributed by atoms with Crippen molar-refractivity contribution in [2.45, 2.75) is 18.1 Å². The van der Waals surface area contributed by atoms with Crippen molar-refractivity contribution in [2.75, 3.05) is 57.4 Å². The van der Waals surface area contributed by atoms with Gasteiger partial charge in [-0.25, -0.2) is 10.4 Å². The third-order valence-corrected chi connectivity index (χ3v) is 4.92. The van der Waals surface area contributed by atoms with Crippen LogP contribution in [0.15, 0.2) is 18.6 Å². The van der Waals surface area contributed by atoms with Crippen LogP contribution in [0.5, 0.6) is 0 Å². The quantitative estimate of drug-likeness (QED) is 0.687. The second-order valence-electron chi connectivity index (χ2n) is 6.74.